The van der Waals surface area contributed by atoms with E-state index in [4.69, 9.17) is 11.6 Å². The predicted octanol–water partition coefficient (Wildman–Crippen LogP) is 4.69. The summed E-state index contributed by atoms with van der Waals surface area (Å²) in [5.74, 6) is -1.82. The van der Waals surface area contributed by atoms with Crippen LogP contribution in [0.2, 0.25) is 5.02 Å². The molecule has 0 atom stereocenters. The van der Waals surface area contributed by atoms with Gasteiger partial charge in [0.2, 0.25) is 0 Å². The first-order valence-electron chi connectivity index (χ1n) is 7.71. The van der Waals surface area contributed by atoms with Gasteiger partial charge in [-0.15, -0.1) is 0 Å². The number of hydrogen-bond donors (Lipinski definition) is 2. The van der Waals surface area contributed by atoms with Crippen molar-refractivity contribution in [1.82, 2.24) is 10.3 Å². The van der Waals surface area contributed by atoms with E-state index in [1.807, 2.05) is 0 Å². The fourth-order valence-electron chi connectivity index (χ4n) is 2.28. The third kappa shape index (κ3) is 4.34. The fourth-order valence-corrected chi connectivity index (χ4v) is 2.41. The van der Waals surface area contributed by atoms with Crippen LogP contribution in [-0.4, -0.2) is 10.9 Å². The van der Waals surface area contributed by atoms with Gasteiger partial charge >= 0.3 is 0 Å². The molecule has 3 aromatic rings. The Kier molecular flexibility index (Phi) is 5.43. The lowest BCUT2D eigenvalue weighted by Crippen LogP contribution is -2.23. The summed E-state index contributed by atoms with van der Waals surface area (Å²) in [5.41, 5.74) is 1.15. The molecule has 26 heavy (non-hydrogen) atoms. The molecule has 2 N–H and O–H groups in total. The fraction of sp³-hybridized carbons (Fsp3) is 0.0526. The zero-order chi connectivity index (χ0) is 18.5. The molecule has 0 aliphatic heterocycles. The van der Waals surface area contributed by atoms with Crippen LogP contribution in [0.15, 0.2) is 60.9 Å². The van der Waals surface area contributed by atoms with Crippen molar-refractivity contribution in [3.63, 3.8) is 0 Å². The van der Waals surface area contributed by atoms with Crippen molar-refractivity contribution in [3.05, 3.63) is 88.7 Å². The number of hydrogen-bond acceptors (Lipinski definition) is 3. The molecule has 1 amide bonds. The molecule has 0 bridgehead atoms. The number of rotatable bonds is 5. The Bertz CT molecular complexity index is 912. The molecule has 0 saturated heterocycles. The van der Waals surface area contributed by atoms with Gasteiger partial charge in [0.1, 0.15) is 17.3 Å². The first-order chi connectivity index (χ1) is 12.5. The zero-order valence-corrected chi connectivity index (χ0v) is 14.2. The van der Waals surface area contributed by atoms with Crippen LogP contribution in [0.3, 0.4) is 0 Å². The molecular formula is C19H14ClF2N3O. The van der Waals surface area contributed by atoms with E-state index in [9.17, 15) is 13.6 Å². The Balaban J connectivity index is 1.70. The lowest BCUT2D eigenvalue weighted by molar-refractivity contribution is 0.0950. The highest BCUT2D eigenvalue weighted by molar-refractivity contribution is 6.30. The van der Waals surface area contributed by atoms with E-state index >= 15 is 0 Å². The van der Waals surface area contributed by atoms with Gasteiger partial charge in [0.05, 0.1) is 17.4 Å². The van der Waals surface area contributed by atoms with Gasteiger partial charge < -0.3 is 10.6 Å². The molecule has 1 heterocycles. The summed E-state index contributed by atoms with van der Waals surface area (Å²) in [5, 5.41) is 5.97. The van der Waals surface area contributed by atoms with Gasteiger partial charge in [0.25, 0.3) is 5.91 Å². The summed E-state index contributed by atoms with van der Waals surface area (Å²) >= 11 is 5.82. The number of pyridine rings is 1. The van der Waals surface area contributed by atoms with Crippen LogP contribution in [0.4, 0.5) is 20.2 Å². The van der Waals surface area contributed by atoms with E-state index in [-0.39, 0.29) is 17.2 Å². The minimum absolute atomic E-state index is 0.265. The Labute approximate surface area is 153 Å². The maximum Gasteiger partial charge on any atom is 0.253 e. The summed E-state index contributed by atoms with van der Waals surface area (Å²) in [4.78, 5) is 16.2. The van der Waals surface area contributed by atoms with Gasteiger partial charge in [0.15, 0.2) is 0 Å². The second-order valence-electron chi connectivity index (χ2n) is 5.49. The number of carbonyl (C=O) groups excluding carboxylic acids is 1. The van der Waals surface area contributed by atoms with Crippen molar-refractivity contribution in [2.24, 2.45) is 0 Å². The number of halogens is 3. The molecule has 2 aromatic carbocycles. The van der Waals surface area contributed by atoms with Crippen molar-refractivity contribution in [2.75, 3.05) is 5.32 Å². The smallest absolute Gasteiger partial charge is 0.253 e. The van der Waals surface area contributed by atoms with Crippen molar-refractivity contribution in [2.45, 2.75) is 6.54 Å². The van der Waals surface area contributed by atoms with Crippen molar-refractivity contribution < 1.29 is 13.6 Å². The maximum absolute atomic E-state index is 13.7. The first kappa shape index (κ1) is 17.8. The predicted molar refractivity (Wildman–Crippen MR) is 96.5 cm³/mol. The van der Waals surface area contributed by atoms with Crippen LogP contribution in [0.25, 0.3) is 0 Å². The standard InChI is InChI=1S/C19H14ClF2N3O/c20-14-6-4-12(5-7-14)9-24-19(26)13-8-15(11-23-10-13)25-18-16(21)2-1-3-17(18)22/h1-8,10-11,25H,9H2,(H,24,26). The third-order valence-electron chi connectivity index (χ3n) is 3.60. The van der Waals surface area contributed by atoms with E-state index < -0.39 is 11.6 Å². The quantitative estimate of drug-likeness (QED) is 0.682. The largest absolute Gasteiger partial charge is 0.349 e. The van der Waals surface area contributed by atoms with Crippen LogP contribution in [-0.2, 0) is 6.54 Å². The Morgan fingerprint density at radius 3 is 2.42 bits per heavy atom. The summed E-state index contributed by atoms with van der Waals surface area (Å²) in [6.07, 6.45) is 2.75. The second kappa shape index (κ2) is 7.93. The van der Waals surface area contributed by atoms with E-state index in [2.05, 4.69) is 15.6 Å². The van der Waals surface area contributed by atoms with Crippen molar-refractivity contribution in [3.8, 4) is 0 Å². The molecule has 0 radical (unpaired) electrons. The normalized spacial score (nSPS) is 10.4. The number of benzene rings is 2. The molecule has 0 fully saturated rings. The average Bonchev–Trinajstić information content (AvgIpc) is 2.64. The molecule has 0 aliphatic rings. The summed E-state index contributed by atoms with van der Waals surface area (Å²) in [6.45, 7) is 0.315. The SMILES string of the molecule is O=C(NCc1ccc(Cl)cc1)c1cncc(Nc2c(F)cccc2F)c1. The van der Waals surface area contributed by atoms with E-state index in [0.29, 0.717) is 17.3 Å². The van der Waals surface area contributed by atoms with Crippen LogP contribution < -0.4 is 10.6 Å². The van der Waals surface area contributed by atoms with Gasteiger partial charge in [-0.05, 0) is 35.9 Å². The second-order valence-corrected chi connectivity index (χ2v) is 5.93. The monoisotopic (exact) mass is 373 g/mol. The third-order valence-corrected chi connectivity index (χ3v) is 3.85. The van der Waals surface area contributed by atoms with Crippen LogP contribution in [0.1, 0.15) is 15.9 Å². The van der Waals surface area contributed by atoms with Gasteiger partial charge in [-0.25, -0.2) is 8.78 Å². The van der Waals surface area contributed by atoms with Gasteiger partial charge in [-0.2, -0.15) is 0 Å². The molecule has 1 aromatic heterocycles. The van der Waals surface area contributed by atoms with E-state index in [1.54, 1.807) is 24.3 Å². The molecule has 0 spiro atoms. The van der Waals surface area contributed by atoms with Gasteiger partial charge in [-0.1, -0.05) is 29.8 Å². The molecule has 0 aliphatic carbocycles. The minimum Gasteiger partial charge on any atom is -0.349 e. The molecule has 4 nitrogen and oxygen atoms in total. The lowest BCUT2D eigenvalue weighted by Gasteiger charge is -2.10. The number of amides is 1. The number of para-hydroxylation sites is 1. The van der Waals surface area contributed by atoms with Crippen LogP contribution >= 0.6 is 11.6 Å². The van der Waals surface area contributed by atoms with Gasteiger partial charge in [-0.3, -0.25) is 9.78 Å². The summed E-state index contributed by atoms with van der Waals surface area (Å²) < 4.78 is 27.4. The number of nitrogens with zero attached hydrogens (tertiary/aromatic N) is 1. The molecule has 132 valence electrons. The van der Waals surface area contributed by atoms with Crippen LogP contribution in [0, 0.1) is 11.6 Å². The Hall–Kier alpha value is -2.99. The molecule has 0 unspecified atom stereocenters. The van der Waals surface area contributed by atoms with Crippen molar-refractivity contribution >= 4 is 28.9 Å². The number of nitrogens with one attached hydrogen (secondary N) is 2. The average molecular weight is 374 g/mol. The van der Waals surface area contributed by atoms with Crippen LogP contribution in [0.5, 0.6) is 0 Å². The van der Waals surface area contributed by atoms with Gasteiger partial charge in [0, 0.05) is 17.8 Å². The molecule has 3 rings (SSSR count). The molecule has 7 heteroatoms. The van der Waals surface area contributed by atoms with E-state index in [0.717, 1.165) is 17.7 Å². The maximum atomic E-state index is 13.7. The number of carbonyl (C=O) groups is 1. The topological polar surface area (TPSA) is 54.0 Å². The highest BCUT2D eigenvalue weighted by atomic mass is 35.5. The zero-order valence-electron chi connectivity index (χ0n) is 13.5. The first-order valence-corrected chi connectivity index (χ1v) is 8.09. The van der Waals surface area contributed by atoms with E-state index in [1.165, 1.54) is 24.5 Å². The molecular weight excluding hydrogens is 360 g/mol. The highest BCUT2D eigenvalue weighted by Gasteiger charge is 2.11. The Morgan fingerprint density at radius 2 is 1.73 bits per heavy atom. The highest BCUT2D eigenvalue weighted by Crippen LogP contribution is 2.23. The Morgan fingerprint density at radius 1 is 1.04 bits per heavy atom. The summed E-state index contributed by atoms with van der Waals surface area (Å²) in [6, 6.07) is 12.1. The number of aromatic nitrogens is 1. The minimum atomic E-state index is -0.734. The number of anilines is 2. The summed E-state index contributed by atoms with van der Waals surface area (Å²) in [7, 11) is 0. The van der Waals surface area contributed by atoms with Crippen molar-refractivity contribution in [1.29, 1.82) is 0 Å². The lowest BCUT2D eigenvalue weighted by atomic mass is 10.2. The molecule has 0 saturated carbocycles.